The van der Waals surface area contributed by atoms with Gasteiger partial charge in [-0.2, -0.15) is 0 Å². The second kappa shape index (κ2) is 5.79. The number of nitro benzene ring substituents is 1. The van der Waals surface area contributed by atoms with Crippen molar-refractivity contribution in [2.75, 3.05) is 0 Å². The van der Waals surface area contributed by atoms with Crippen LogP contribution in [0.2, 0.25) is 0 Å². The quantitative estimate of drug-likeness (QED) is 0.389. The van der Waals surface area contributed by atoms with E-state index in [1.807, 2.05) is 0 Å². The van der Waals surface area contributed by atoms with Crippen LogP contribution in [0.3, 0.4) is 0 Å². The normalized spacial score (nSPS) is 12.6. The van der Waals surface area contributed by atoms with Crippen molar-refractivity contribution in [3.63, 3.8) is 0 Å². The Morgan fingerprint density at radius 3 is 2.50 bits per heavy atom. The molecule has 1 aromatic carbocycles. The molecule has 7 nitrogen and oxygen atoms in total. The van der Waals surface area contributed by atoms with Crippen molar-refractivity contribution in [3.05, 3.63) is 39.4 Å². The molecule has 0 fully saturated rings. The average molecular weight is 280 g/mol. The number of hydrogen-bond acceptors (Lipinski definition) is 6. The van der Waals surface area contributed by atoms with Gasteiger partial charge in [0, 0.05) is 6.07 Å². The first-order chi connectivity index (χ1) is 9.15. The molecule has 0 saturated heterocycles. The third-order valence-corrected chi connectivity index (χ3v) is 2.40. The van der Waals surface area contributed by atoms with Crippen LogP contribution >= 0.6 is 0 Å². The van der Waals surface area contributed by atoms with Gasteiger partial charge < -0.3 is 10.5 Å². The summed E-state index contributed by atoms with van der Waals surface area (Å²) in [7, 11) is 0. The molecule has 0 aliphatic carbocycles. The number of ether oxygens (including phenoxy) is 1. The van der Waals surface area contributed by atoms with Gasteiger partial charge in [-0.15, -0.1) is 0 Å². The van der Waals surface area contributed by atoms with Gasteiger partial charge in [0.1, 0.15) is 11.6 Å². The summed E-state index contributed by atoms with van der Waals surface area (Å²) in [5, 5.41) is 10.7. The summed E-state index contributed by atoms with van der Waals surface area (Å²) in [4.78, 5) is 32.7. The minimum atomic E-state index is -1.10. The van der Waals surface area contributed by atoms with Gasteiger partial charge in [-0.3, -0.25) is 14.9 Å². The molecule has 0 saturated carbocycles. The zero-order valence-electron chi connectivity index (χ0n) is 11.5. The number of nitrogens with two attached hydrogens (primary N) is 1. The number of carbonyl (C=O) groups is 2. The fourth-order valence-electron chi connectivity index (χ4n) is 1.53. The fourth-order valence-corrected chi connectivity index (χ4v) is 1.53. The monoisotopic (exact) mass is 280 g/mol. The largest absolute Gasteiger partial charge is 0.459 e. The van der Waals surface area contributed by atoms with E-state index in [9.17, 15) is 19.7 Å². The Bertz CT molecular complexity index is 548. The molecule has 20 heavy (non-hydrogen) atoms. The lowest BCUT2D eigenvalue weighted by Crippen LogP contribution is -2.31. The van der Waals surface area contributed by atoms with E-state index in [1.165, 1.54) is 12.1 Å². The molecule has 7 heteroatoms. The summed E-state index contributed by atoms with van der Waals surface area (Å²) < 4.78 is 5.12. The van der Waals surface area contributed by atoms with Crippen LogP contribution in [0, 0.1) is 10.1 Å². The third-order valence-electron chi connectivity index (χ3n) is 2.40. The molecule has 0 aliphatic rings. The Kier molecular flexibility index (Phi) is 4.57. The van der Waals surface area contributed by atoms with Crippen molar-refractivity contribution in [2.24, 2.45) is 5.73 Å². The first-order valence-electron chi connectivity index (χ1n) is 5.87. The van der Waals surface area contributed by atoms with E-state index < -0.39 is 22.5 Å². The minimum absolute atomic E-state index is 0.133. The number of carbonyl (C=O) groups excluding carboxylic acids is 2. The molecule has 0 heterocycles. The van der Waals surface area contributed by atoms with E-state index in [1.54, 1.807) is 20.8 Å². The van der Waals surface area contributed by atoms with Gasteiger partial charge in [0.25, 0.3) is 5.69 Å². The molecule has 0 amide bonds. The highest BCUT2D eigenvalue weighted by Crippen LogP contribution is 2.23. The van der Waals surface area contributed by atoms with Gasteiger partial charge in [-0.05, 0) is 38.5 Å². The van der Waals surface area contributed by atoms with E-state index in [0.717, 1.165) is 6.07 Å². The Hall–Kier alpha value is -2.28. The molecule has 0 aliphatic heterocycles. The molecule has 1 rings (SSSR count). The average Bonchev–Trinajstić information content (AvgIpc) is 2.34. The van der Waals surface area contributed by atoms with Gasteiger partial charge in [0.15, 0.2) is 6.29 Å². The second-order valence-electron chi connectivity index (χ2n) is 5.20. The lowest BCUT2D eigenvalue weighted by atomic mass is 10.0. The molecule has 0 aromatic heterocycles. The van der Waals surface area contributed by atoms with E-state index in [-0.39, 0.29) is 16.8 Å². The number of benzene rings is 1. The van der Waals surface area contributed by atoms with E-state index in [0.29, 0.717) is 6.29 Å². The fraction of sp³-hybridized carbons (Fsp3) is 0.385. The highest BCUT2D eigenvalue weighted by molar-refractivity contribution is 5.84. The second-order valence-corrected chi connectivity index (χ2v) is 5.20. The molecular formula is C13H16N2O5. The highest BCUT2D eigenvalue weighted by Gasteiger charge is 2.25. The van der Waals surface area contributed by atoms with Crippen LogP contribution in [-0.4, -0.2) is 22.8 Å². The van der Waals surface area contributed by atoms with Gasteiger partial charge in [0.05, 0.1) is 10.5 Å². The number of esters is 1. The standard InChI is InChI=1S/C13H16N2O5/c1-13(2,3)20-12(17)11(14)8-4-5-10(15(18)19)9(6-8)7-16/h4-7,11H,14H2,1-3H3. The number of rotatable bonds is 4. The lowest BCUT2D eigenvalue weighted by molar-refractivity contribution is -0.385. The van der Waals surface area contributed by atoms with E-state index in [2.05, 4.69) is 0 Å². The summed E-state index contributed by atoms with van der Waals surface area (Å²) in [6, 6.07) is 2.59. The molecular weight excluding hydrogens is 264 g/mol. The number of nitrogens with zero attached hydrogens (tertiary/aromatic N) is 1. The number of hydrogen-bond donors (Lipinski definition) is 1. The summed E-state index contributed by atoms with van der Waals surface area (Å²) in [6.07, 6.45) is 0.351. The summed E-state index contributed by atoms with van der Waals surface area (Å²) in [6.45, 7) is 5.10. The molecule has 0 spiro atoms. The molecule has 1 unspecified atom stereocenters. The first-order valence-corrected chi connectivity index (χ1v) is 5.87. The maximum Gasteiger partial charge on any atom is 0.328 e. The predicted molar refractivity (Wildman–Crippen MR) is 71.3 cm³/mol. The maximum atomic E-state index is 11.8. The Labute approximate surface area is 115 Å². The molecule has 1 atom stereocenters. The van der Waals surface area contributed by atoms with E-state index in [4.69, 9.17) is 10.5 Å². The predicted octanol–water partition coefficient (Wildman–Crippen LogP) is 1.75. The van der Waals surface area contributed by atoms with Crippen LogP contribution in [-0.2, 0) is 9.53 Å². The zero-order chi connectivity index (χ0) is 15.5. The summed E-state index contributed by atoms with van der Waals surface area (Å²) in [5.41, 5.74) is 4.86. The Morgan fingerprint density at radius 1 is 1.45 bits per heavy atom. The van der Waals surface area contributed by atoms with Gasteiger partial charge in [0.2, 0.25) is 0 Å². The van der Waals surface area contributed by atoms with Crippen molar-refractivity contribution in [1.82, 2.24) is 0 Å². The van der Waals surface area contributed by atoms with Crippen LogP contribution in [0.1, 0.15) is 42.7 Å². The van der Waals surface area contributed by atoms with Crippen LogP contribution in [0.25, 0.3) is 0 Å². The van der Waals surface area contributed by atoms with Crippen LogP contribution in [0.15, 0.2) is 18.2 Å². The smallest absolute Gasteiger partial charge is 0.328 e. The minimum Gasteiger partial charge on any atom is -0.459 e. The van der Waals surface area contributed by atoms with Crippen molar-refractivity contribution in [2.45, 2.75) is 32.4 Å². The van der Waals surface area contributed by atoms with Crippen molar-refractivity contribution in [1.29, 1.82) is 0 Å². The van der Waals surface area contributed by atoms with E-state index >= 15 is 0 Å². The Balaban J connectivity index is 3.06. The van der Waals surface area contributed by atoms with Crippen LogP contribution in [0.5, 0.6) is 0 Å². The summed E-state index contributed by atoms with van der Waals surface area (Å²) >= 11 is 0. The van der Waals surface area contributed by atoms with Gasteiger partial charge in [-0.25, -0.2) is 4.79 Å². The number of nitro groups is 1. The van der Waals surface area contributed by atoms with Crippen molar-refractivity contribution < 1.29 is 19.2 Å². The molecule has 0 radical (unpaired) electrons. The van der Waals surface area contributed by atoms with Gasteiger partial charge in [-0.1, -0.05) is 0 Å². The number of aldehydes is 1. The Morgan fingerprint density at radius 2 is 2.05 bits per heavy atom. The molecule has 108 valence electrons. The topological polar surface area (TPSA) is 113 Å². The van der Waals surface area contributed by atoms with Crippen molar-refractivity contribution in [3.8, 4) is 0 Å². The highest BCUT2D eigenvalue weighted by atomic mass is 16.6. The van der Waals surface area contributed by atoms with Crippen LogP contribution in [0.4, 0.5) is 5.69 Å². The maximum absolute atomic E-state index is 11.8. The SMILES string of the molecule is CC(C)(C)OC(=O)C(N)c1ccc([N+](=O)[O-])c(C=O)c1. The molecule has 2 N–H and O–H groups in total. The van der Waals surface area contributed by atoms with Crippen LogP contribution < -0.4 is 5.73 Å². The first kappa shape index (κ1) is 15.8. The molecule has 0 bridgehead atoms. The summed E-state index contributed by atoms with van der Waals surface area (Å²) in [5.74, 6) is -0.664. The van der Waals surface area contributed by atoms with Crippen molar-refractivity contribution >= 4 is 17.9 Å². The zero-order valence-corrected chi connectivity index (χ0v) is 11.5. The van der Waals surface area contributed by atoms with Gasteiger partial charge >= 0.3 is 5.97 Å². The molecule has 1 aromatic rings. The lowest BCUT2D eigenvalue weighted by Gasteiger charge is -2.22. The third kappa shape index (κ3) is 3.86.